The molecular weight excluding hydrogens is 274 g/mol. The van der Waals surface area contributed by atoms with E-state index in [2.05, 4.69) is 5.32 Å². The van der Waals surface area contributed by atoms with Gasteiger partial charge in [0.1, 0.15) is 0 Å². The number of amides is 1. The summed E-state index contributed by atoms with van der Waals surface area (Å²) < 4.78 is 0. The summed E-state index contributed by atoms with van der Waals surface area (Å²) >= 11 is 6.02. The normalized spacial score (nSPS) is 9.85. The van der Waals surface area contributed by atoms with Gasteiger partial charge in [0.15, 0.2) is 0 Å². The lowest BCUT2D eigenvalue weighted by molar-refractivity contribution is 0.102. The number of nitrogens with one attached hydrogen (secondary N) is 1. The van der Waals surface area contributed by atoms with Crippen molar-refractivity contribution in [2.45, 2.75) is 6.92 Å². The van der Waals surface area contributed by atoms with Gasteiger partial charge in [0.2, 0.25) is 0 Å². The van der Waals surface area contributed by atoms with Crippen LogP contribution in [0.4, 0.5) is 11.4 Å². The fraction of sp³-hybridized carbons (Fsp3) is 0.0667. The van der Waals surface area contributed by atoms with Crippen LogP contribution in [0.2, 0.25) is 5.02 Å². The van der Waals surface area contributed by atoms with E-state index in [0.29, 0.717) is 27.5 Å². The molecule has 0 aliphatic rings. The molecule has 4 nitrogen and oxygen atoms in total. The zero-order valence-electron chi connectivity index (χ0n) is 10.8. The van der Waals surface area contributed by atoms with Crippen LogP contribution in [0.5, 0.6) is 0 Å². The van der Waals surface area contributed by atoms with Gasteiger partial charge in [-0.3, -0.25) is 4.79 Å². The SMILES string of the molecule is Cc1ccc(N)cc1C(=O)Nc1ccc(C#N)cc1Cl. The molecule has 0 aliphatic carbocycles. The van der Waals surface area contributed by atoms with E-state index in [4.69, 9.17) is 22.6 Å². The first-order valence-electron chi connectivity index (χ1n) is 5.88. The Morgan fingerprint density at radius 3 is 2.70 bits per heavy atom. The number of hydrogen-bond donors (Lipinski definition) is 2. The van der Waals surface area contributed by atoms with E-state index >= 15 is 0 Å². The summed E-state index contributed by atoms with van der Waals surface area (Å²) in [6.07, 6.45) is 0. The van der Waals surface area contributed by atoms with Gasteiger partial charge in [-0.15, -0.1) is 0 Å². The van der Waals surface area contributed by atoms with Gasteiger partial charge < -0.3 is 11.1 Å². The Morgan fingerprint density at radius 2 is 2.05 bits per heavy atom. The van der Waals surface area contributed by atoms with Crippen LogP contribution in [-0.4, -0.2) is 5.91 Å². The lowest BCUT2D eigenvalue weighted by Gasteiger charge is -2.10. The van der Waals surface area contributed by atoms with Gasteiger partial charge in [-0.2, -0.15) is 5.26 Å². The minimum Gasteiger partial charge on any atom is -0.399 e. The number of rotatable bonds is 2. The van der Waals surface area contributed by atoms with E-state index in [1.165, 1.54) is 6.07 Å². The van der Waals surface area contributed by atoms with Gasteiger partial charge in [-0.25, -0.2) is 0 Å². The molecule has 0 atom stereocenters. The molecule has 0 bridgehead atoms. The summed E-state index contributed by atoms with van der Waals surface area (Å²) in [6.45, 7) is 1.83. The highest BCUT2D eigenvalue weighted by molar-refractivity contribution is 6.34. The quantitative estimate of drug-likeness (QED) is 0.831. The van der Waals surface area contributed by atoms with Crippen molar-refractivity contribution in [2.75, 3.05) is 11.1 Å². The van der Waals surface area contributed by atoms with E-state index in [1.54, 1.807) is 30.3 Å². The third-order valence-corrected chi connectivity index (χ3v) is 3.17. The molecule has 0 spiro atoms. The van der Waals surface area contributed by atoms with Gasteiger partial charge in [-0.1, -0.05) is 17.7 Å². The van der Waals surface area contributed by atoms with Crippen LogP contribution in [0.25, 0.3) is 0 Å². The fourth-order valence-corrected chi connectivity index (χ4v) is 1.99. The van der Waals surface area contributed by atoms with Gasteiger partial charge in [-0.05, 0) is 42.8 Å². The molecule has 3 N–H and O–H groups in total. The minimum absolute atomic E-state index is 0.290. The monoisotopic (exact) mass is 285 g/mol. The largest absolute Gasteiger partial charge is 0.399 e. The first-order valence-corrected chi connectivity index (χ1v) is 6.26. The second kappa shape index (κ2) is 5.64. The fourth-order valence-electron chi connectivity index (χ4n) is 1.76. The number of aryl methyl sites for hydroxylation is 1. The number of carbonyl (C=O) groups is 1. The highest BCUT2D eigenvalue weighted by Gasteiger charge is 2.11. The Hall–Kier alpha value is -2.51. The number of nitrogen functional groups attached to an aromatic ring is 1. The van der Waals surface area contributed by atoms with Crippen LogP contribution in [0.3, 0.4) is 0 Å². The van der Waals surface area contributed by atoms with Crippen LogP contribution in [0.15, 0.2) is 36.4 Å². The zero-order chi connectivity index (χ0) is 14.7. The van der Waals surface area contributed by atoms with Gasteiger partial charge in [0, 0.05) is 11.3 Å². The molecular formula is C15H12ClN3O. The maximum atomic E-state index is 12.2. The van der Waals surface area contributed by atoms with Crippen molar-refractivity contribution in [2.24, 2.45) is 0 Å². The molecule has 0 radical (unpaired) electrons. The standard InChI is InChI=1S/C15H12ClN3O/c1-9-2-4-11(18)7-12(9)15(20)19-14-5-3-10(8-17)6-13(14)16/h2-7H,18H2,1H3,(H,19,20). The Kier molecular flexibility index (Phi) is 3.92. The maximum absolute atomic E-state index is 12.2. The molecule has 2 aromatic carbocycles. The predicted molar refractivity (Wildman–Crippen MR) is 79.7 cm³/mol. The van der Waals surface area contributed by atoms with Crippen LogP contribution in [-0.2, 0) is 0 Å². The first kappa shape index (κ1) is 13.9. The van der Waals surface area contributed by atoms with E-state index in [0.717, 1.165) is 5.56 Å². The van der Waals surface area contributed by atoms with Crippen LogP contribution in [0.1, 0.15) is 21.5 Å². The summed E-state index contributed by atoms with van der Waals surface area (Å²) in [5.74, 6) is -0.290. The van der Waals surface area contributed by atoms with Crippen molar-refractivity contribution in [3.05, 3.63) is 58.1 Å². The summed E-state index contributed by atoms with van der Waals surface area (Å²) in [7, 11) is 0. The molecule has 0 aliphatic heterocycles. The van der Waals surface area contributed by atoms with Crippen molar-refractivity contribution in [1.29, 1.82) is 5.26 Å². The summed E-state index contributed by atoms with van der Waals surface area (Å²) in [5, 5.41) is 11.8. The van der Waals surface area contributed by atoms with Crippen molar-refractivity contribution < 1.29 is 4.79 Å². The number of benzene rings is 2. The lowest BCUT2D eigenvalue weighted by atomic mass is 10.1. The molecule has 2 rings (SSSR count). The summed E-state index contributed by atoms with van der Waals surface area (Å²) in [6, 6.07) is 11.8. The zero-order valence-corrected chi connectivity index (χ0v) is 11.5. The molecule has 2 aromatic rings. The number of nitriles is 1. The third kappa shape index (κ3) is 2.90. The minimum atomic E-state index is -0.290. The van der Waals surface area contributed by atoms with Crippen molar-refractivity contribution >= 4 is 28.9 Å². The predicted octanol–water partition coefficient (Wildman–Crippen LogP) is 3.35. The first-order chi connectivity index (χ1) is 9.51. The molecule has 1 amide bonds. The smallest absolute Gasteiger partial charge is 0.256 e. The van der Waals surface area contributed by atoms with E-state index in [-0.39, 0.29) is 5.91 Å². The van der Waals surface area contributed by atoms with Crippen molar-refractivity contribution in [3.63, 3.8) is 0 Å². The molecule has 0 heterocycles. The number of halogens is 1. The van der Waals surface area contributed by atoms with Gasteiger partial charge in [0.25, 0.3) is 5.91 Å². The summed E-state index contributed by atoms with van der Waals surface area (Å²) in [4.78, 5) is 12.2. The van der Waals surface area contributed by atoms with Crippen molar-refractivity contribution in [3.8, 4) is 6.07 Å². The molecule has 0 unspecified atom stereocenters. The van der Waals surface area contributed by atoms with Crippen LogP contribution >= 0.6 is 11.6 Å². The second-order valence-corrected chi connectivity index (χ2v) is 4.74. The highest BCUT2D eigenvalue weighted by atomic mass is 35.5. The third-order valence-electron chi connectivity index (χ3n) is 2.85. The van der Waals surface area contributed by atoms with Gasteiger partial charge in [0.05, 0.1) is 22.3 Å². The molecule has 100 valence electrons. The van der Waals surface area contributed by atoms with Gasteiger partial charge >= 0.3 is 0 Å². The Bertz CT molecular complexity index is 720. The highest BCUT2D eigenvalue weighted by Crippen LogP contribution is 2.24. The van der Waals surface area contributed by atoms with Crippen LogP contribution < -0.4 is 11.1 Å². The maximum Gasteiger partial charge on any atom is 0.256 e. The topological polar surface area (TPSA) is 78.9 Å². The number of anilines is 2. The number of hydrogen-bond acceptors (Lipinski definition) is 3. The number of nitrogens with two attached hydrogens (primary N) is 1. The molecule has 0 saturated heterocycles. The average Bonchev–Trinajstić information content (AvgIpc) is 2.43. The lowest BCUT2D eigenvalue weighted by Crippen LogP contribution is -2.14. The second-order valence-electron chi connectivity index (χ2n) is 4.33. The van der Waals surface area contributed by atoms with E-state index < -0.39 is 0 Å². The summed E-state index contributed by atoms with van der Waals surface area (Å²) in [5.41, 5.74) is 8.41. The van der Waals surface area contributed by atoms with Crippen LogP contribution in [0, 0.1) is 18.3 Å². The Balaban J connectivity index is 2.28. The molecule has 5 heteroatoms. The molecule has 0 fully saturated rings. The van der Waals surface area contributed by atoms with E-state index in [9.17, 15) is 4.79 Å². The average molecular weight is 286 g/mol. The van der Waals surface area contributed by atoms with E-state index in [1.807, 2.05) is 13.0 Å². The number of carbonyl (C=O) groups excluding carboxylic acids is 1. The Labute approximate surface area is 121 Å². The number of nitrogens with zero attached hydrogens (tertiary/aromatic N) is 1. The van der Waals surface area contributed by atoms with Crippen molar-refractivity contribution in [1.82, 2.24) is 0 Å². The Morgan fingerprint density at radius 1 is 1.30 bits per heavy atom. The molecule has 0 aromatic heterocycles. The molecule has 20 heavy (non-hydrogen) atoms. The molecule has 0 saturated carbocycles.